The maximum Gasteiger partial charge on any atom is 0.123 e. The Kier molecular flexibility index (Phi) is 8.22. The minimum atomic E-state index is -0.615. The second-order valence-corrected chi connectivity index (χ2v) is 4.70. The molecule has 2 N–H and O–H groups in total. The minimum absolute atomic E-state index is 0.224. The smallest absolute Gasteiger partial charge is 0.123 e. The number of nitrogens with one attached hydrogen (secondary N) is 1. The molecule has 0 amide bonds. The Bertz CT molecular complexity index is 384. The highest BCUT2D eigenvalue weighted by molar-refractivity contribution is 5.36. The quantitative estimate of drug-likeness (QED) is 0.630. The molecule has 20 heavy (non-hydrogen) atoms. The molecule has 1 unspecified atom stereocenters. The SMILES string of the molecule is COCCNCc1cc(C)ccc1OCC(O)COC. The first-order chi connectivity index (χ1) is 9.67. The van der Waals surface area contributed by atoms with Crippen molar-refractivity contribution in [3.8, 4) is 5.75 Å². The molecule has 0 aliphatic rings. The van der Waals surface area contributed by atoms with E-state index in [1.165, 1.54) is 5.56 Å². The molecule has 5 heteroatoms. The molecule has 0 aliphatic heterocycles. The van der Waals surface area contributed by atoms with Crippen molar-refractivity contribution in [3.05, 3.63) is 29.3 Å². The summed E-state index contributed by atoms with van der Waals surface area (Å²) in [5.41, 5.74) is 2.25. The van der Waals surface area contributed by atoms with E-state index in [1.807, 2.05) is 19.1 Å². The molecule has 114 valence electrons. The average molecular weight is 283 g/mol. The predicted octanol–water partition coefficient (Wildman–Crippen LogP) is 1.12. The number of ether oxygens (including phenoxy) is 3. The molecule has 0 bridgehead atoms. The van der Waals surface area contributed by atoms with Gasteiger partial charge in [0, 0.05) is 32.9 Å². The van der Waals surface area contributed by atoms with Gasteiger partial charge in [-0.3, -0.25) is 0 Å². The van der Waals surface area contributed by atoms with Crippen LogP contribution in [0.5, 0.6) is 5.75 Å². The number of methoxy groups -OCH3 is 2. The largest absolute Gasteiger partial charge is 0.490 e. The van der Waals surface area contributed by atoms with Crippen molar-refractivity contribution in [1.29, 1.82) is 0 Å². The average Bonchev–Trinajstić information content (AvgIpc) is 2.43. The molecule has 0 fully saturated rings. The Morgan fingerprint density at radius 3 is 2.70 bits per heavy atom. The highest BCUT2D eigenvalue weighted by Crippen LogP contribution is 2.20. The lowest BCUT2D eigenvalue weighted by Crippen LogP contribution is -2.24. The van der Waals surface area contributed by atoms with Crippen LogP contribution in [0.4, 0.5) is 0 Å². The summed E-state index contributed by atoms with van der Waals surface area (Å²) in [6.45, 7) is 4.71. The van der Waals surface area contributed by atoms with Crippen LogP contribution in [0.25, 0.3) is 0 Å². The second kappa shape index (κ2) is 9.72. The van der Waals surface area contributed by atoms with Gasteiger partial charge in [0.1, 0.15) is 18.5 Å². The number of benzene rings is 1. The van der Waals surface area contributed by atoms with Gasteiger partial charge in [-0.05, 0) is 13.0 Å². The fourth-order valence-corrected chi connectivity index (χ4v) is 1.81. The van der Waals surface area contributed by atoms with Gasteiger partial charge >= 0.3 is 0 Å². The molecule has 0 radical (unpaired) electrons. The van der Waals surface area contributed by atoms with Crippen LogP contribution < -0.4 is 10.1 Å². The topological polar surface area (TPSA) is 60.0 Å². The van der Waals surface area contributed by atoms with Crippen LogP contribution in [-0.2, 0) is 16.0 Å². The van der Waals surface area contributed by atoms with Crippen LogP contribution in [0.1, 0.15) is 11.1 Å². The lowest BCUT2D eigenvalue weighted by atomic mass is 10.1. The molecule has 5 nitrogen and oxygen atoms in total. The Hall–Kier alpha value is -1.14. The van der Waals surface area contributed by atoms with Gasteiger partial charge in [-0.1, -0.05) is 17.7 Å². The van der Waals surface area contributed by atoms with E-state index in [4.69, 9.17) is 14.2 Å². The standard InChI is InChI=1S/C15H25NO4/c1-12-4-5-15(20-11-14(17)10-19-3)13(8-12)9-16-6-7-18-2/h4-5,8,14,16-17H,6-7,9-11H2,1-3H3. The number of rotatable bonds is 10. The highest BCUT2D eigenvalue weighted by Gasteiger charge is 2.08. The first kappa shape index (κ1) is 16.9. The minimum Gasteiger partial charge on any atom is -0.490 e. The van der Waals surface area contributed by atoms with Crippen LogP contribution in [-0.4, -0.2) is 51.8 Å². The van der Waals surface area contributed by atoms with Crippen LogP contribution in [0.2, 0.25) is 0 Å². The van der Waals surface area contributed by atoms with Crippen molar-refractivity contribution < 1.29 is 19.3 Å². The van der Waals surface area contributed by atoms with Gasteiger partial charge in [-0.15, -0.1) is 0 Å². The van der Waals surface area contributed by atoms with Gasteiger partial charge in [-0.2, -0.15) is 0 Å². The summed E-state index contributed by atoms with van der Waals surface area (Å²) in [4.78, 5) is 0. The van der Waals surface area contributed by atoms with Gasteiger partial charge in [0.25, 0.3) is 0 Å². The zero-order valence-electron chi connectivity index (χ0n) is 12.5. The molecule has 1 rings (SSSR count). The number of aryl methyl sites for hydroxylation is 1. The predicted molar refractivity (Wildman–Crippen MR) is 78.1 cm³/mol. The summed E-state index contributed by atoms with van der Waals surface area (Å²) in [6.07, 6.45) is -0.615. The summed E-state index contributed by atoms with van der Waals surface area (Å²) in [6, 6.07) is 6.01. The van der Waals surface area contributed by atoms with Crippen LogP contribution in [0, 0.1) is 6.92 Å². The summed E-state index contributed by atoms with van der Waals surface area (Å²) >= 11 is 0. The lowest BCUT2D eigenvalue weighted by Gasteiger charge is -2.15. The van der Waals surface area contributed by atoms with Crippen molar-refractivity contribution in [3.63, 3.8) is 0 Å². The first-order valence-electron chi connectivity index (χ1n) is 6.76. The summed E-state index contributed by atoms with van der Waals surface area (Å²) in [7, 11) is 3.24. The fraction of sp³-hybridized carbons (Fsp3) is 0.600. The van der Waals surface area contributed by atoms with Crippen molar-refractivity contribution >= 4 is 0 Å². The molecular formula is C15H25NO4. The molecule has 0 saturated heterocycles. The van der Waals surface area contributed by atoms with Crippen molar-refractivity contribution in [2.75, 3.05) is 40.6 Å². The van der Waals surface area contributed by atoms with E-state index in [-0.39, 0.29) is 13.2 Å². The normalized spacial score (nSPS) is 12.4. The van der Waals surface area contributed by atoms with E-state index in [0.717, 1.165) is 17.9 Å². The molecule has 1 atom stereocenters. The van der Waals surface area contributed by atoms with E-state index in [2.05, 4.69) is 11.4 Å². The number of hydrogen-bond donors (Lipinski definition) is 2. The third-order valence-corrected chi connectivity index (χ3v) is 2.80. The maximum atomic E-state index is 9.62. The zero-order valence-corrected chi connectivity index (χ0v) is 12.5. The van der Waals surface area contributed by atoms with Crippen LogP contribution >= 0.6 is 0 Å². The molecule has 0 saturated carbocycles. The van der Waals surface area contributed by atoms with Gasteiger partial charge in [-0.25, -0.2) is 0 Å². The Morgan fingerprint density at radius 1 is 1.20 bits per heavy atom. The molecule has 0 aromatic heterocycles. The van der Waals surface area contributed by atoms with E-state index in [9.17, 15) is 5.11 Å². The molecule has 0 aliphatic carbocycles. The van der Waals surface area contributed by atoms with Crippen LogP contribution in [0.3, 0.4) is 0 Å². The Balaban J connectivity index is 2.55. The van der Waals surface area contributed by atoms with Gasteiger partial charge in [0.15, 0.2) is 0 Å². The molecule has 0 spiro atoms. The van der Waals surface area contributed by atoms with Gasteiger partial charge in [0.05, 0.1) is 13.2 Å². The Labute approximate surface area is 120 Å². The lowest BCUT2D eigenvalue weighted by molar-refractivity contribution is 0.0323. The van der Waals surface area contributed by atoms with Crippen LogP contribution in [0.15, 0.2) is 18.2 Å². The molecular weight excluding hydrogens is 258 g/mol. The highest BCUT2D eigenvalue weighted by atomic mass is 16.5. The number of hydrogen-bond acceptors (Lipinski definition) is 5. The molecule has 1 aromatic carbocycles. The monoisotopic (exact) mass is 283 g/mol. The number of aliphatic hydroxyl groups is 1. The molecule has 0 heterocycles. The number of aliphatic hydroxyl groups excluding tert-OH is 1. The summed E-state index contributed by atoms with van der Waals surface area (Å²) < 4.78 is 15.5. The Morgan fingerprint density at radius 2 is 2.00 bits per heavy atom. The first-order valence-corrected chi connectivity index (χ1v) is 6.76. The van der Waals surface area contributed by atoms with E-state index in [1.54, 1.807) is 14.2 Å². The summed E-state index contributed by atoms with van der Waals surface area (Å²) in [5.74, 6) is 0.788. The third-order valence-electron chi connectivity index (χ3n) is 2.80. The van der Waals surface area contributed by atoms with E-state index >= 15 is 0 Å². The maximum absolute atomic E-state index is 9.62. The molecule has 1 aromatic rings. The van der Waals surface area contributed by atoms with Gasteiger partial charge in [0.2, 0.25) is 0 Å². The fourth-order valence-electron chi connectivity index (χ4n) is 1.81. The van der Waals surface area contributed by atoms with Gasteiger partial charge < -0.3 is 24.6 Å². The third kappa shape index (κ3) is 6.34. The zero-order chi connectivity index (χ0) is 14.8. The van der Waals surface area contributed by atoms with Crippen molar-refractivity contribution in [1.82, 2.24) is 5.32 Å². The van der Waals surface area contributed by atoms with Crippen molar-refractivity contribution in [2.45, 2.75) is 19.6 Å². The van der Waals surface area contributed by atoms with E-state index < -0.39 is 6.10 Å². The second-order valence-electron chi connectivity index (χ2n) is 4.70. The van der Waals surface area contributed by atoms with Crippen molar-refractivity contribution in [2.24, 2.45) is 0 Å². The van der Waals surface area contributed by atoms with E-state index in [0.29, 0.717) is 13.2 Å². The summed E-state index contributed by atoms with van der Waals surface area (Å²) in [5, 5.41) is 12.9.